The average molecular weight is 248 g/mol. The molecule has 0 saturated heterocycles. The van der Waals surface area contributed by atoms with E-state index in [9.17, 15) is 4.39 Å². The molecule has 3 N–H and O–H groups in total. The quantitative estimate of drug-likeness (QED) is 0.628. The second-order valence-corrected chi connectivity index (χ2v) is 3.64. The Balaban J connectivity index is 2.45. The van der Waals surface area contributed by atoms with Crippen LogP contribution in [0.1, 0.15) is 17.2 Å². The predicted octanol–water partition coefficient (Wildman–Crippen LogP) is 1.18. The summed E-state index contributed by atoms with van der Waals surface area (Å²) in [6.07, 6.45) is 4.29. The molecule has 1 atom stereocenters. The van der Waals surface area contributed by atoms with Crippen LogP contribution in [0.5, 0.6) is 5.88 Å². The molecule has 18 heavy (non-hydrogen) atoms. The number of nitrogens with two attached hydrogens (primary N) is 1. The van der Waals surface area contributed by atoms with Gasteiger partial charge in [-0.05, 0) is 17.7 Å². The predicted molar refractivity (Wildman–Crippen MR) is 64.2 cm³/mol. The Morgan fingerprint density at radius 3 is 2.94 bits per heavy atom. The molecule has 2 heterocycles. The zero-order valence-electron chi connectivity index (χ0n) is 9.80. The number of hydrazine groups is 1. The van der Waals surface area contributed by atoms with Gasteiger partial charge in [0.1, 0.15) is 5.82 Å². The van der Waals surface area contributed by atoms with Crippen molar-refractivity contribution in [1.82, 2.24) is 15.4 Å². The maximum absolute atomic E-state index is 13.2. The number of hydrogen-bond acceptors (Lipinski definition) is 5. The summed E-state index contributed by atoms with van der Waals surface area (Å²) in [6.45, 7) is 0. The van der Waals surface area contributed by atoms with Crippen molar-refractivity contribution in [3.05, 3.63) is 53.7 Å². The van der Waals surface area contributed by atoms with Gasteiger partial charge in [0.25, 0.3) is 0 Å². The molecule has 2 aromatic rings. The van der Waals surface area contributed by atoms with E-state index in [-0.39, 0.29) is 0 Å². The Bertz CT molecular complexity index is 535. The van der Waals surface area contributed by atoms with Crippen molar-refractivity contribution in [1.29, 1.82) is 0 Å². The first-order valence-corrected chi connectivity index (χ1v) is 5.31. The van der Waals surface area contributed by atoms with Crippen molar-refractivity contribution < 1.29 is 9.13 Å². The van der Waals surface area contributed by atoms with Gasteiger partial charge in [-0.25, -0.2) is 14.8 Å². The fourth-order valence-electron chi connectivity index (χ4n) is 1.75. The van der Waals surface area contributed by atoms with Crippen LogP contribution in [0.25, 0.3) is 0 Å². The molecule has 0 aliphatic carbocycles. The number of nitrogens with one attached hydrogen (secondary N) is 1. The molecule has 2 rings (SSSR count). The van der Waals surface area contributed by atoms with Crippen molar-refractivity contribution in [2.75, 3.05) is 7.11 Å². The van der Waals surface area contributed by atoms with Gasteiger partial charge in [0.2, 0.25) is 5.88 Å². The number of halogens is 1. The van der Waals surface area contributed by atoms with Crippen molar-refractivity contribution >= 4 is 0 Å². The number of rotatable bonds is 4. The Kier molecular flexibility index (Phi) is 3.81. The minimum atomic E-state index is -0.433. The molecule has 6 heteroatoms. The molecule has 0 amide bonds. The number of aromatic nitrogens is 2. The SMILES string of the molecule is COc1ncccc1C(NN)c1cncc(F)c1. The largest absolute Gasteiger partial charge is 0.481 e. The third-order valence-electron chi connectivity index (χ3n) is 2.53. The lowest BCUT2D eigenvalue weighted by atomic mass is 10.0. The minimum absolute atomic E-state index is 0.421. The summed E-state index contributed by atoms with van der Waals surface area (Å²) < 4.78 is 18.3. The molecule has 0 aliphatic rings. The lowest BCUT2D eigenvalue weighted by Crippen LogP contribution is -2.29. The van der Waals surface area contributed by atoms with E-state index in [2.05, 4.69) is 15.4 Å². The Morgan fingerprint density at radius 1 is 1.44 bits per heavy atom. The van der Waals surface area contributed by atoms with E-state index in [1.165, 1.54) is 13.2 Å². The van der Waals surface area contributed by atoms with E-state index in [4.69, 9.17) is 10.6 Å². The standard InChI is InChI=1S/C12H13FN4O/c1-18-12-10(3-2-4-16-12)11(17-14)8-5-9(13)7-15-6-8/h2-7,11,17H,14H2,1H3. The van der Waals surface area contributed by atoms with Gasteiger partial charge >= 0.3 is 0 Å². The molecule has 0 aromatic carbocycles. The molecular weight excluding hydrogens is 235 g/mol. The summed E-state index contributed by atoms with van der Waals surface area (Å²) >= 11 is 0. The molecule has 0 saturated carbocycles. The lowest BCUT2D eigenvalue weighted by molar-refractivity contribution is 0.387. The van der Waals surface area contributed by atoms with E-state index in [0.29, 0.717) is 11.4 Å². The molecule has 0 aliphatic heterocycles. The fraction of sp³-hybridized carbons (Fsp3) is 0.167. The van der Waals surface area contributed by atoms with E-state index >= 15 is 0 Å². The highest BCUT2D eigenvalue weighted by molar-refractivity contribution is 5.36. The Labute approximate surface area is 104 Å². The van der Waals surface area contributed by atoms with Crippen LogP contribution in [-0.2, 0) is 0 Å². The second-order valence-electron chi connectivity index (χ2n) is 3.64. The van der Waals surface area contributed by atoms with Crippen LogP contribution in [0.4, 0.5) is 4.39 Å². The van der Waals surface area contributed by atoms with E-state index in [1.54, 1.807) is 24.5 Å². The molecule has 0 radical (unpaired) electrons. The van der Waals surface area contributed by atoms with Gasteiger partial charge in [-0.2, -0.15) is 0 Å². The van der Waals surface area contributed by atoms with Crippen LogP contribution in [0, 0.1) is 5.82 Å². The van der Waals surface area contributed by atoms with Crippen LogP contribution in [0.3, 0.4) is 0 Å². The average Bonchev–Trinajstić information content (AvgIpc) is 2.40. The van der Waals surface area contributed by atoms with Crippen LogP contribution < -0.4 is 16.0 Å². The third-order valence-corrected chi connectivity index (χ3v) is 2.53. The molecule has 94 valence electrons. The van der Waals surface area contributed by atoms with Gasteiger partial charge in [0.15, 0.2) is 0 Å². The number of pyridine rings is 2. The zero-order chi connectivity index (χ0) is 13.0. The molecule has 0 spiro atoms. The van der Waals surface area contributed by atoms with Crippen LogP contribution in [0.2, 0.25) is 0 Å². The summed E-state index contributed by atoms with van der Waals surface area (Å²) in [5.74, 6) is 5.54. The summed E-state index contributed by atoms with van der Waals surface area (Å²) in [7, 11) is 1.52. The smallest absolute Gasteiger partial charge is 0.218 e. The summed E-state index contributed by atoms with van der Waals surface area (Å²) in [5.41, 5.74) is 3.93. The van der Waals surface area contributed by atoms with Crippen LogP contribution in [-0.4, -0.2) is 17.1 Å². The van der Waals surface area contributed by atoms with Crippen molar-refractivity contribution in [3.63, 3.8) is 0 Å². The maximum Gasteiger partial charge on any atom is 0.218 e. The maximum atomic E-state index is 13.2. The molecule has 0 fully saturated rings. The van der Waals surface area contributed by atoms with Gasteiger partial charge < -0.3 is 4.74 Å². The van der Waals surface area contributed by atoms with Gasteiger partial charge in [-0.3, -0.25) is 10.8 Å². The zero-order valence-corrected chi connectivity index (χ0v) is 9.80. The van der Waals surface area contributed by atoms with Crippen LogP contribution >= 0.6 is 0 Å². The van der Waals surface area contributed by atoms with E-state index in [1.807, 2.05) is 0 Å². The van der Waals surface area contributed by atoms with Gasteiger partial charge in [0, 0.05) is 18.0 Å². The molecule has 5 nitrogen and oxygen atoms in total. The second kappa shape index (κ2) is 5.52. The molecular formula is C12H13FN4O. The van der Waals surface area contributed by atoms with Crippen molar-refractivity contribution in [2.45, 2.75) is 6.04 Å². The molecule has 0 bridgehead atoms. The first-order valence-electron chi connectivity index (χ1n) is 5.31. The summed E-state index contributed by atoms with van der Waals surface area (Å²) in [4.78, 5) is 7.88. The highest BCUT2D eigenvalue weighted by Gasteiger charge is 2.18. The Morgan fingerprint density at radius 2 is 2.28 bits per heavy atom. The first-order chi connectivity index (χ1) is 8.76. The highest BCUT2D eigenvalue weighted by atomic mass is 19.1. The Hall–Kier alpha value is -2.05. The third kappa shape index (κ3) is 2.44. The summed E-state index contributed by atoms with van der Waals surface area (Å²) in [5, 5.41) is 0. The number of methoxy groups -OCH3 is 1. The minimum Gasteiger partial charge on any atom is -0.481 e. The number of nitrogens with zero attached hydrogens (tertiary/aromatic N) is 2. The van der Waals surface area contributed by atoms with Crippen LogP contribution in [0.15, 0.2) is 36.8 Å². The summed E-state index contributed by atoms with van der Waals surface area (Å²) in [6, 6.07) is 4.50. The number of ether oxygens (including phenoxy) is 1. The molecule has 2 aromatic heterocycles. The van der Waals surface area contributed by atoms with Gasteiger partial charge in [-0.1, -0.05) is 6.07 Å². The van der Waals surface area contributed by atoms with Crippen molar-refractivity contribution in [3.8, 4) is 5.88 Å². The van der Waals surface area contributed by atoms with E-state index in [0.717, 1.165) is 11.8 Å². The molecule has 1 unspecified atom stereocenters. The number of hydrogen-bond donors (Lipinski definition) is 2. The normalized spacial score (nSPS) is 12.2. The van der Waals surface area contributed by atoms with Gasteiger partial charge in [0.05, 0.1) is 19.3 Å². The monoisotopic (exact) mass is 248 g/mol. The van der Waals surface area contributed by atoms with Gasteiger partial charge in [-0.15, -0.1) is 0 Å². The van der Waals surface area contributed by atoms with E-state index < -0.39 is 11.9 Å². The lowest BCUT2D eigenvalue weighted by Gasteiger charge is -2.18. The fourth-order valence-corrected chi connectivity index (χ4v) is 1.75. The topological polar surface area (TPSA) is 73.1 Å². The highest BCUT2D eigenvalue weighted by Crippen LogP contribution is 2.27. The van der Waals surface area contributed by atoms with Crippen molar-refractivity contribution in [2.24, 2.45) is 5.84 Å². The first kappa shape index (κ1) is 12.4.